The van der Waals surface area contributed by atoms with Gasteiger partial charge in [-0.1, -0.05) is 52.6 Å². The first kappa shape index (κ1) is 14.2. The van der Waals surface area contributed by atoms with Crippen LogP contribution in [-0.4, -0.2) is 15.8 Å². The third kappa shape index (κ3) is 8.81. The minimum absolute atomic E-state index is 0.0632. The Labute approximate surface area is 102 Å². The third-order valence-corrected chi connectivity index (χ3v) is 2.90. The van der Waals surface area contributed by atoms with Gasteiger partial charge in [0.25, 0.3) is 0 Å². The Kier molecular flexibility index (Phi) is 6.05. The van der Waals surface area contributed by atoms with E-state index in [1.54, 1.807) is 0 Å². The van der Waals surface area contributed by atoms with E-state index in [1.807, 2.05) is 0 Å². The highest BCUT2D eigenvalue weighted by molar-refractivity contribution is 9.10. The first-order chi connectivity index (χ1) is 6.20. The third-order valence-electron chi connectivity index (χ3n) is 1.60. The molecule has 0 aliphatic heterocycles. The Hall–Kier alpha value is 0.230. The number of carbonyl (C=O) groups is 1. The van der Waals surface area contributed by atoms with Crippen LogP contribution in [0.5, 0.6) is 0 Å². The van der Waals surface area contributed by atoms with E-state index in [0.29, 0.717) is 4.83 Å². The number of nitrogens with two attached hydrogens (primary N) is 1. The Morgan fingerprint density at radius 2 is 1.93 bits per heavy atom. The van der Waals surface area contributed by atoms with Crippen LogP contribution in [-0.2, 0) is 0 Å². The van der Waals surface area contributed by atoms with Gasteiger partial charge in [0.2, 0.25) is 0 Å². The zero-order valence-corrected chi connectivity index (χ0v) is 12.0. The summed E-state index contributed by atoms with van der Waals surface area (Å²) >= 11 is 6.93. The lowest BCUT2D eigenvalue weighted by atomic mass is 9.90. The van der Waals surface area contributed by atoms with Crippen LogP contribution in [0.15, 0.2) is 0 Å². The van der Waals surface area contributed by atoms with Crippen LogP contribution in [0.25, 0.3) is 0 Å². The van der Waals surface area contributed by atoms with Crippen LogP contribution >= 0.6 is 31.9 Å². The molecule has 14 heavy (non-hydrogen) atoms. The number of primary amides is 1. The summed E-state index contributed by atoms with van der Waals surface area (Å²) in [6.07, 6.45) is 1.87. The molecule has 2 atom stereocenters. The number of hydrogen-bond acceptors (Lipinski definition) is 1. The van der Waals surface area contributed by atoms with E-state index in [0.717, 1.165) is 12.8 Å². The zero-order valence-electron chi connectivity index (χ0n) is 8.81. The van der Waals surface area contributed by atoms with Crippen molar-refractivity contribution in [2.24, 2.45) is 11.1 Å². The molecule has 2 unspecified atom stereocenters. The summed E-state index contributed by atoms with van der Waals surface area (Å²) in [5, 5.41) is 2.58. The molecular formula is C9H18Br2N2O. The molecule has 0 aromatic heterocycles. The first-order valence-corrected chi connectivity index (χ1v) is 6.38. The molecule has 0 heterocycles. The van der Waals surface area contributed by atoms with Crippen LogP contribution in [0.4, 0.5) is 4.79 Å². The molecule has 0 aromatic carbocycles. The molecule has 0 saturated heterocycles. The maximum Gasteiger partial charge on any atom is 0.313 e. The molecule has 0 bridgehead atoms. The van der Waals surface area contributed by atoms with Crippen molar-refractivity contribution in [3.05, 3.63) is 0 Å². The maximum atomic E-state index is 10.5. The van der Waals surface area contributed by atoms with Gasteiger partial charge in [0.1, 0.15) is 0 Å². The van der Waals surface area contributed by atoms with E-state index < -0.39 is 6.03 Å². The Balaban J connectivity index is 3.82. The first-order valence-electron chi connectivity index (χ1n) is 4.55. The summed E-state index contributed by atoms with van der Waals surface area (Å²) < 4.78 is 0. The number of rotatable bonds is 4. The highest BCUT2D eigenvalue weighted by Gasteiger charge is 2.19. The summed E-state index contributed by atoms with van der Waals surface area (Å²) in [5.74, 6) is 0. The molecule has 0 aliphatic rings. The van der Waals surface area contributed by atoms with Crippen LogP contribution in [0.1, 0.15) is 33.6 Å². The molecule has 0 spiro atoms. The summed E-state index contributed by atoms with van der Waals surface area (Å²) in [4.78, 5) is 10.9. The van der Waals surface area contributed by atoms with E-state index in [4.69, 9.17) is 5.73 Å². The van der Waals surface area contributed by atoms with Crippen LogP contribution in [0.3, 0.4) is 0 Å². The predicted molar refractivity (Wildman–Crippen MR) is 66.8 cm³/mol. The summed E-state index contributed by atoms with van der Waals surface area (Å²) in [6, 6.07) is -0.498. The summed E-state index contributed by atoms with van der Waals surface area (Å²) in [6.45, 7) is 6.56. The van der Waals surface area contributed by atoms with Crippen molar-refractivity contribution < 1.29 is 4.79 Å². The van der Waals surface area contributed by atoms with Gasteiger partial charge in [-0.25, -0.2) is 4.79 Å². The number of nitrogens with one attached hydrogen (secondary N) is 1. The number of carbonyl (C=O) groups excluding carboxylic acids is 1. The lowest BCUT2D eigenvalue weighted by molar-refractivity contribution is 0.248. The van der Waals surface area contributed by atoms with Crippen molar-refractivity contribution in [2.75, 3.05) is 0 Å². The van der Waals surface area contributed by atoms with Gasteiger partial charge >= 0.3 is 6.03 Å². The summed E-state index contributed by atoms with van der Waals surface area (Å²) in [7, 11) is 0. The van der Waals surface area contributed by atoms with Crippen LogP contribution in [0.2, 0.25) is 0 Å². The normalized spacial score (nSPS) is 16.1. The smallest absolute Gasteiger partial charge is 0.313 e. The molecule has 0 aromatic rings. The fourth-order valence-corrected chi connectivity index (χ4v) is 3.71. The van der Waals surface area contributed by atoms with Crippen molar-refractivity contribution in [3.8, 4) is 0 Å². The molecule has 0 fully saturated rings. The van der Waals surface area contributed by atoms with Gasteiger partial charge in [-0.05, 0) is 18.3 Å². The molecule has 5 heteroatoms. The molecule has 0 rings (SSSR count). The highest BCUT2D eigenvalue weighted by atomic mass is 79.9. The van der Waals surface area contributed by atoms with Crippen LogP contribution in [0, 0.1) is 5.41 Å². The standard InChI is InChI=1S/C9H18Br2N2O/c1-9(2,3)5-6(10)4-7(11)13-8(12)14/h6-7H,4-5H2,1-3H3,(H3,12,13,14). The second kappa shape index (κ2) is 5.95. The van der Waals surface area contributed by atoms with Gasteiger partial charge in [0.05, 0.1) is 4.95 Å². The second-order valence-electron chi connectivity index (χ2n) is 4.57. The minimum Gasteiger partial charge on any atom is -0.352 e. The van der Waals surface area contributed by atoms with Gasteiger partial charge < -0.3 is 11.1 Å². The second-order valence-corrected chi connectivity index (χ2v) is 6.97. The lowest BCUT2D eigenvalue weighted by Gasteiger charge is -2.23. The molecule has 0 aliphatic carbocycles. The average Bonchev–Trinajstić information content (AvgIpc) is 1.77. The quantitative estimate of drug-likeness (QED) is 0.604. The van der Waals surface area contributed by atoms with E-state index >= 15 is 0 Å². The molecule has 2 amide bonds. The van der Waals surface area contributed by atoms with Crippen molar-refractivity contribution >= 4 is 37.9 Å². The van der Waals surface area contributed by atoms with E-state index in [2.05, 4.69) is 57.9 Å². The molecule has 84 valence electrons. The fourth-order valence-electron chi connectivity index (χ4n) is 1.19. The predicted octanol–water partition coefficient (Wildman–Crippen LogP) is 2.97. The van der Waals surface area contributed by atoms with Crippen molar-refractivity contribution in [2.45, 2.75) is 43.4 Å². The van der Waals surface area contributed by atoms with Gasteiger partial charge in [0, 0.05) is 4.83 Å². The Bertz CT molecular complexity index is 192. The average molecular weight is 330 g/mol. The van der Waals surface area contributed by atoms with E-state index in [9.17, 15) is 4.79 Å². The maximum absolute atomic E-state index is 10.5. The van der Waals surface area contributed by atoms with E-state index in [-0.39, 0.29) is 10.4 Å². The van der Waals surface area contributed by atoms with Crippen molar-refractivity contribution in [1.82, 2.24) is 5.32 Å². The number of urea groups is 1. The highest BCUT2D eigenvalue weighted by Crippen LogP contribution is 2.27. The van der Waals surface area contributed by atoms with E-state index in [1.165, 1.54) is 0 Å². The van der Waals surface area contributed by atoms with Crippen molar-refractivity contribution in [3.63, 3.8) is 0 Å². The van der Waals surface area contributed by atoms with Gasteiger partial charge in [-0.15, -0.1) is 0 Å². The summed E-state index contributed by atoms with van der Waals surface area (Å²) in [5.41, 5.74) is 5.29. The molecular weight excluding hydrogens is 312 g/mol. The number of alkyl halides is 2. The Morgan fingerprint density at radius 1 is 1.43 bits per heavy atom. The van der Waals surface area contributed by atoms with Gasteiger partial charge in [-0.3, -0.25) is 0 Å². The topological polar surface area (TPSA) is 55.1 Å². The molecule has 0 saturated carbocycles. The fraction of sp³-hybridized carbons (Fsp3) is 0.889. The number of halogens is 2. The lowest BCUT2D eigenvalue weighted by Crippen LogP contribution is -2.36. The Morgan fingerprint density at radius 3 is 2.29 bits per heavy atom. The SMILES string of the molecule is CC(C)(C)CC(Br)CC(Br)NC(N)=O. The molecule has 0 radical (unpaired) electrons. The van der Waals surface area contributed by atoms with Crippen molar-refractivity contribution in [1.29, 1.82) is 0 Å². The monoisotopic (exact) mass is 328 g/mol. The number of amides is 2. The van der Waals surface area contributed by atoms with Gasteiger partial charge in [-0.2, -0.15) is 0 Å². The van der Waals surface area contributed by atoms with Crippen LogP contribution < -0.4 is 11.1 Å². The largest absolute Gasteiger partial charge is 0.352 e. The number of hydrogen-bond donors (Lipinski definition) is 2. The zero-order chi connectivity index (χ0) is 11.4. The van der Waals surface area contributed by atoms with Gasteiger partial charge in [0.15, 0.2) is 0 Å². The molecule has 3 N–H and O–H groups in total. The molecule has 3 nitrogen and oxygen atoms in total. The minimum atomic E-state index is -0.498.